The van der Waals surface area contributed by atoms with Gasteiger partial charge in [0.2, 0.25) is 8.32 Å². The van der Waals surface area contributed by atoms with Crippen molar-refractivity contribution < 1.29 is 4.43 Å². The van der Waals surface area contributed by atoms with Crippen molar-refractivity contribution in [1.82, 2.24) is 0 Å². The van der Waals surface area contributed by atoms with Gasteiger partial charge in [0.25, 0.3) is 0 Å². The summed E-state index contributed by atoms with van der Waals surface area (Å²) in [5.74, 6) is 0. The van der Waals surface area contributed by atoms with Crippen LogP contribution in [0.4, 0.5) is 0 Å². The lowest BCUT2D eigenvalue weighted by Crippen LogP contribution is -2.50. The Bertz CT molecular complexity index is 440. The molecular weight excluding hydrogens is 296 g/mol. The van der Waals surface area contributed by atoms with Crippen LogP contribution in [0.2, 0.25) is 16.6 Å². The minimum absolute atomic E-state index is 0.137. The van der Waals surface area contributed by atoms with E-state index < -0.39 is 8.32 Å². The van der Waals surface area contributed by atoms with E-state index in [1.807, 2.05) is 0 Å². The van der Waals surface area contributed by atoms with E-state index in [9.17, 15) is 0 Å². The topological polar surface area (TPSA) is 9.23 Å². The van der Waals surface area contributed by atoms with E-state index in [1.165, 1.54) is 5.56 Å². The number of rotatable bonds is 8. The highest BCUT2D eigenvalue weighted by molar-refractivity contribution is 6.77. The second kappa shape index (κ2) is 7.98. The van der Waals surface area contributed by atoms with Crippen LogP contribution in [-0.2, 0) is 4.43 Å². The van der Waals surface area contributed by atoms with E-state index in [1.54, 1.807) is 0 Å². The second-order valence-electron chi connectivity index (χ2n) is 8.57. The summed E-state index contributed by atoms with van der Waals surface area (Å²) in [6.45, 7) is 21.2. The van der Waals surface area contributed by atoms with Crippen LogP contribution in [-0.4, -0.2) is 8.32 Å². The zero-order valence-corrected chi connectivity index (χ0v) is 17.8. The third-order valence-electron chi connectivity index (χ3n) is 5.75. The Morgan fingerprint density at radius 3 is 1.65 bits per heavy atom. The highest BCUT2D eigenvalue weighted by Crippen LogP contribution is 2.49. The van der Waals surface area contributed by atoms with Gasteiger partial charge in [-0.15, -0.1) is 0 Å². The first kappa shape index (κ1) is 20.4. The van der Waals surface area contributed by atoms with Crippen molar-refractivity contribution in [3.8, 4) is 0 Å². The molecule has 132 valence electrons. The third-order valence-corrected chi connectivity index (χ3v) is 11.8. The number of hydrogen-bond donors (Lipinski definition) is 0. The molecule has 0 radical (unpaired) electrons. The molecule has 0 heterocycles. The van der Waals surface area contributed by atoms with Gasteiger partial charge in [-0.25, -0.2) is 0 Å². The highest BCUT2D eigenvalue weighted by atomic mass is 28.4. The van der Waals surface area contributed by atoms with Gasteiger partial charge in [-0.05, 0) is 34.0 Å². The lowest BCUT2D eigenvalue weighted by Gasteiger charge is -2.48. The predicted molar refractivity (Wildman–Crippen MR) is 105 cm³/mol. The van der Waals surface area contributed by atoms with Crippen LogP contribution < -0.4 is 0 Å². The van der Waals surface area contributed by atoms with Crippen molar-refractivity contribution in [1.29, 1.82) is 0 Å². The van der Waals surface area contributed by atoms with Crippen LogP contribution in [0.3, 0.4) is 0 Å². The molecule has 0 bridgehead atoms. The molecule has 1 aromatic rings. The summed E-state index contributed by atoms with van der Waals surface area (Å²) in [5, 5.41) is 0. The Labute approximate surface area is 146 Å². The maximum atomic E-state index is 7.20. The number of hydrogen-bond acceptors (Lipinski definition) is 1. The van der Waals surface area contributed by atoms with Gasteiger partial charge in [0.05, 0.1) is 6.10 Å². The van der Waals surface area contributed by atoms with Gasteiger partial charge in [0.1, 0.15) is 0 Å². The van der Waals surface area contributed by atoms with Crippen LogP contribution in [0, 0.1) is 5.41 Å². The Hall–Kier alpha value is -0.603. The SMILES string of the molecule is CCC(C)(C)C(O[Si](C(C)C)(C(C)C)C(C)C)c1ccccc1. The molecular formula is C21H38OSi. The summed E-state index contributed by atoms with van der Waals surface area (Å²) < 4.78 is 7.20. The third kappa shape index (κ3) is 4.27. The first-order chi connectivity index (χ1) is 10.6. The molecule has 0 aliphatic carbocycles. The minimum Gasteiger partial charge on any atom is -0.409 e. The van der Waals surface area contributed by atoms with Crippen molar-refractivity contribution in [3.05, 3.63) is 35.9 Å². The summed E-state index contributed by atoms with van der Waals surface area (Å²) in [6.07, 6.45) is 1.29. The summed E-state index contributed by atoms with van der Waals surface area (Å²) in [7, 11) is -1.90. The Kier molecular flexibility index (Phi) is 7.09. The van der Waals surface area contributed by atoms with Gasteiger partial charge in [0.15, 0.2) is 0 Å². The molecule has 0 amide bonds. The van der Waals surface area contributed by atoms with Crippen LogP contribution in [0.15, 0.2) is 30.3 Å². The zero-order valence-electron chi connectivity index (χ0n) is 16.8. The van der Waals surface area contributed by atoms with E-state index in [0.29, 0.717) is 16.6 Å². The fourth-order valence-corrected chi connectivity index (χ4v) is 9.78. The molecule has 0 spiro atoms. The van der Waals surface area contributed by atoms with Gasteiger partial charge < -0.3 is 4.43 Å². The van der Waals surface area contributed by atoms with Crippen LogP contribution in [0.5, 0.6) is 0 Å². The molecule has 0 aliphatic rings. The summed E-state index contributed by atoms with van der Waals surface area (Å²) >= 11 is 0. The van der Waals surface area contributed by atoms with Crippen LogP contribution in [0.25, 0.3) is 0 Å². The molecule has 1 unspecified atom stereocenters. The molecule has 0 aliphatic heterocycles. The molecule has 0 aromatic heterocycles. The van der Waals surface area contributed by atoms with Gasteiger partial charge in [-0.2, -0.15) is 0 Å². The van der Waals surface area contributed by atoms with E-state index in [2.05, 4.69) is 92.6 Å². The lowest BCUT2D eigenvalue weighted by molar-refractivity contribution is 0.0526. The normalized spacial score (nSPS) is 14.8. The van der Waals surface area contributed by atoms with Crippen LogP contribution in [0.1, 0.15) is 80.4 Å². The highest BCUT2D eigenvalue weighted by Gasteiger charge is 2.48. The average Bonchev–Trinajstić information content (AvgIpc) is 2.47. The van der Waals surface area contributed by atoms with Crippen molar-refractivity contribution >= 4 is 8.32 Å². The Morgan fingerprint density at radius 2 is 1.30 bits per heavy atom. The van der Waals surface area contributed by atoms with Crippen molar-refractivity contribution in [2.45, 2.75) is 91.5 Å². The first-order valence-electron chi connectivity index (χ1n) is 9.32. The van der Waals surface area contributed by atoms with Gasteiger partial charge >= 0.3 is 0 Å². The molecule has 1 atom stereocenters. The molecule has 0 fully saturated rings. The average molecular weight is 335 g/mol. The Balaban J connectivity index is 3.37. The molecule has 0 saturated carbocycles. The molecule has 0 N–H and O–H groups in total. The maximum absolute atomic E-state index is 7.20. The smallest absolute Gasteiger partial charge is 0.201 e. The molecule has 0 saturated heterocycles. The molecule has 1 nitrogen and oxygen atoms in total. The lowest BCUT2D eigenvalue weighted by atomic mass is 9.80. The van der Waals surface area contributed by atoms with E-state index in [4.69, 9.17) is 4.43 Å². The summed E-state index contributed by atoms with van der Waals surface area (Å²) in [5.41, 5.74) is 3.31. The van der Waals surface area contributed by atoms with E-state index in [-0.39, 0.29) is 11.5 Å². The Morgan fingerprint density at radius 1 is 0.870 bits per heavy atom. The minimum atomic E-state index is -1.90. The second-order valence-corrected chi connectivity index (χ2v) is 14.0. The van der Waals surface area contributed by atoms with Gasteiger partial charge in [-0.1, -0.05) is 92.6 Å². The monoisotopic (exact) mass is 334 g/mol. The first-order valence-corrected chi connectivity index (χ1v) is 11.5. The molecule has 1 rings (SSSR count). The summed E-state index contributed by atoms with van der Waals surface area (Å²) in [6, 6.07) is 10.9. The quantitative estimate of drug-likeness (QED) is 0.451. The predicted octanol–water partition coefficient (Wildman–Crippen LogP) is 7.36. The standard InChI is InChI=1S/C21H38OSi/c1-10-21(8,9)20(19-14-12-11-13-15-19)22-23(16(2)3,17(4)5)18(6)7/h11-18,20H,10H2,1-9H3. The van der Waals surface area contributed by atoms with Crippen LogP contribution >= 0.6 is 0 Å². The largest absolute Gasteiger partial charge is 0.409 e. The van der Waals surface area contributed by atoms with Gasteiger partial charge in [0, 0.05) is 0 Å². The maximum Gasteiger partial charge on any atom is 0.201 e. The number of benzene rings is 1. The van der Waals surface area contributed by atoms with Gasteiger partial charge in [-0.3, -0.25) is 0 Å². The van der Waals surface area contributed by atoms with Crippen molar-refractivity contribution in [3.63, 3.8) is 0 Å². The summed E-state index contributed by atoms with van der Waals surface area (Å²) in [4.78, 5) is 0. The fraction of sp³-hybridized carbons (Fsp3) is 0.714. The molecule has 2 heteroatoms. The van der Waals surface area contributed by atoms with E-state index >= 15 is 0 Å². The zero-order chi connectivity index (χ0) is 17.8. The molecule has 1 aromatic carbocycles. The van der Waals surface area contributed by atoms with Crippen molar-refractivity contribution in [2.24, 2.45) is 5.41 Å². The molecule has 23 heavy (non-hydrogen) atoms. The fourth-order valence-electron chi connectivity index (χ4n) is 4.10. The van der Waals surface area contributed by atoms with Crippen molar-refractivity contribution in [2.75, 3.05) is 0 Å². The van der Waals surface area contributed by atoms with E-state index in [0.717, 1.165) is 6.42 Å².